The third kappa shape index (κ3) is 1.78. The van der Waals surface area contributed by atoms with Crippen LogP contribution < -0.4 is 5.32 Å². The summed E-state index contributed by atoms with van der Waals surface area (Å²) >= 11 is 5.95. The summed E-state index contributed by atoms with van der Waals surface area (Å²) < 4.78 is 5.77. The fraction of sp³-hybridized carbons (Fsp3) is 0.133. The van der Waals surface area contributed by atoms with Crippen LogP contribution in [-0.2, 0) is 6.42 Å². The first-order valence-electron chi connectivity index (χ1n) is 6.23. The molecule has 1 aromatic heterocycles. The second kappa shape index (κ2) is 4.00. The van der Waals surface area contributed by atoms with Crippen LogP contribution >= 0.6 is 11.6 Å². The van der Waals surface area contributed by atoms with E-state index in [0.717, 1.165) is 29.6 Å². The van der Waals surface area contributed by atoms with E-state index in [1.54, 1.807) is 6.07 Å². The number of rotatable bonds is 1. The average Bonchev–Trinajstić information content (AvgIpc) is 3.02. The van der Waals surface area contributed by atoms with E-state index in [0.29, 0.717) is 10.9 Å². The van der Waals surface area contributed by atoms with Gasteiger partial charge in [-0.1, -0.05) is 17.7 Å². The van der Waals surface area contributed by atoms with Crippen molar-refractivity contribution in [3.05, 3.63) is 47.0 Å². The molecule has 0 saturated carbocycles. The van der Waals surface area contributed by atoms with Crippen LogP contribution in [0.4, 0.5) is 5.69 Å². The highest BCUT2D eigenvalue weighted by Crippen LogP contribution is 2.31. The van der Waals surface area contributed by atoms with Crippen LogP contribution in [0.1, 0.15) is 5.56 Å². The molecule has 1 aliphatic heterocycles. The minimum atomic E-state index is 0.633. The zero-order valence-electron chi connectivity index (χ0n) is 10.1. The van der Waals surface area contributed by atoms with Crippen molar-refractivity contribution in [1.29, 1.82) is 0 Å². The molecule has 4 heteroatoms. The number of nitrogens with one attached hydrogen (secondary N) is 1. The first-order valence-corrected chi connectivity index (χ1v) is 6.61. The maximum Gasteiger partial charge on any atom is 0.227 e. The molecule has 0 unspecified atom stereocenters. The predicted octanol–water partition coefficient (Wildman–Crippen LogP) is 4.12. The van der Waals surface area contributed by atoms with Crippen LogP contribution in [0.3, 0.4) is 0 Å². The maximum absolute atomic E-state index is 5.95. The molecule has 19 heavy (non-hydrogen) atoms. The summed E-state index contributed by atoms with van der Waals surface area (Å²) in [4.78, 5) is 4.50. The molecular weight excluding hydrogens is 260 g/mol. The van der Waals surface area contributed by atoms with Gasteiger partial charge in [0.1, 0.15) is 5.52 Å². The number of halogens is 1. The first-order chi connectivity index (χ1) is 9.29. The van der Waals surface area contributed by atoms with E-state index in [2.05, 4.69) is 28.5 Å². The Morgan fingerprint density at radius 2 is 2.11 bits per heavy atom. The van der Waals surface area contributed by atoms with E-state index < -0.39 is 0 Å². The molecule has 0 atom stereocenters. The lowest BCUT2D eigenvalue weighted by Gasteiger charge is -2.01. The van der Waals surface area contributed by atoms with Crippen LogP contribution in [0.25, 0.3) is 22.6 Å². The lowest BCUT2D eigenvalue weighted by Crippen LogP contribution is -1.91. The molecule has 94 valence electrons. The number of nitrogens with zero attached hydrogens (tertiary/aromatic N) is 1. The molecule has 1 aliphatic rings. The molecule has 0 fully saturated rings. The molecule has 1 N–H and O–H groups in total. The highest BCUT2D eigenvalue weighted by Gasteiger charge is 2.14. The van der Waals surface area contributed by atoms with E-state index in [-0.39, 0.29) is 0 Å². The Bertz CT molecular complexity index is 779. The van der Waals surface area contributed by atoms with Crippen LogP contribution in [0.5, 0.6) is 0 Å². The Morgan fingerprint density at radius 3 is 3.05 bits per heavy atom. The van der Waals surface area contributed by atoms with Gasteiger partial charge >= 0.3 is 0 Å². The fourth-order valence-electron chi connectivity index (χ4n) is 2.45. The summed E-state index contributed by atoms with van der Waals surface area (Å²) in [6, 6.07) is 11.8. The summed E-state index contributed by atoms with van der Waals surface area (Å²) in [6.07, 6.45) is 1.08. The van der Waals surface area contributed by atoms with Crippen molar-refractivity contribution in [1.82, 2.24) is 4.98 Å². The monoisotopic (exact) mass is 270 g/mol. The van der Waals surface area contributed by atoms with Gasteiger partial charge in [0.2, 0.25) is 5.89 Å². The third-order valence-corrected chi connectivity index (χ3v) is 3.65. The predicted molar refractivity (Wildman–Crippen MR) is 76.6 cm³/mol. The van der Waals surface area contributed by atoms with Gasteiger partial charge in [-0.25, -0.2) is 4.98 Å². The number of oxazole rings is 1. The summed E-state index contributed by atoms with van der Waals surface area (Å²) in [5, 5.41) is 4.02. The second-order valence-corrected chi connectivity index (χ2v) is 5.12. The highest BCUT2D eigenvalue weighted by molar-refractivity contribution is 6.31. The molecule has 0 spiro atoms. The van der Waals surface area contributed by atoms with Crippen LogP contribution in [0.15, 0.2) is 40.8 Å². The number of fused-ring (bicyclic) bond motifs is 2. The Hall–Kier alpha value is -2.00. The third-order valence-electron chi connectivity index (χ3n) is 3.42. The van der Waals surface area contributed by atoms with Crippen LogP contribution in [0, 0.1) is 0 Å². The van der Waals surface area contributed by atoms with E-state index in [9.17, 15) is 0 Å². The minimum absolute atomic E-state index is 0.633. The van der Waals surface area contributed by atoms with Gasteiger partial charge in [0.05, 0.1) is 0 Å². The van der Waals surface area contributed by atoms with Crippen molar-refractivity contribution < 1.29 is 4.42 Å². The van der Waals surface area contributed by atoms with Crippen molar-refractivity contribution in [2.75, 3.05) is 11.9 Å². The van der Waals surface area contributed by atoms with E-state index in [1.807, 2.05) is 12.1 Å². The topological polar surface area (TPSA) is 38.1 Å². The normalized spacial score (nSPS) is 13.5. The molecule has 3 aromatic rings. The Morgan fingerprint density at radius 1 is 1.16 bits per heavy atom. The van der Waals surface area contributed by atoms with Gasteiger partial charge in [-0.2, -0.15) is 0 Å². The van der Waals surface area contributed by atoms with E-state index in [4.69, 9.17) is 16.0 Å². The molecule has 0 saturated heterocycles. The van der Waals surface area contributed by atoms with Crippen LogP contribution in [-0.4, -0.2) is 11.5 Å². The molecule has 4 rings (SSSR count). The fourth-order valence-corrected chi connectivity index (χ4v) is 2.61. The van der Waals surface area contributed by atoms with Gasteiger partial charge in [-0.3, -0.25) is 0 Å². The van der Waals surface area contributed by atoms with Gasteiger partial charge in [-0.05, 0) is 36.2 Å². The summed E-state index contributed by atoms with van der Waals surface area (Å²) in [5.41, 5.74) is 5.06. The number of anilines is 1. The molecule has 0 bridgehead atoms. The SMILES string of the molecule is Clc1ccc2nc(-c3ccc4c(c3)NCC4)oc2c1. The smallest absolute Gasteiger partial charge is 0.227 e. The van der Waals surface area contributed by atoms with Gasteiger partial charge in [0.25, 0.3) is 0 Å². The second-order valence-electron chi connectivity index (χ2n) is 4.68. The Labute approximate surface area is 115 Å². The van der Waals surface area contributed by atoms with Crippen LogP contribution in [0.2, 0.25) is 5.02 Å². The standard InChI is InChI=1S/C15H11ClN2O/c16-11-3-4-12-14(8-11)19-15(18-12)10-2-1-9-5-6-17-13(9)7-10/h1-4,7-8,17H,5-6H2. The molecule has 0 radical (unpaired) electrons. The number of benzene rings is 2. The molecule has 3 nitrogen and oxygen atoms in total. The largest absolute Gasteiger partial charge is 0.436 e. The summed E-state index contributed by atoms with van der Waals surface area (Å²) in [7, 11) is 0. The van der Waals surface area contributed by atoms with Crippen molar-refractivity contribution in [3.63, 3.8) is 0 Å². The van der Waals surface area contributed by atoms with Gasteiger partial charge in [-0.15, -0.1) is 0 Å². The number of hydrogen-bond acceptors (Lipinski definition) is 3. The summed E-state index contributed by atoms with van der Waals surface area (Å²) in [6.45, 7) is 1.00. The van der Waals surface area contributed by atoms with Crippen molar-refractivity contribution in [3.8, 4) is 11.5 Å². The first kappa shape index (κ1) is 10.9. The quantitative estimate of drug-likeness (QED) is 0.723. The van der Waals surface area contributed by atoms with E-state index >= 15 is 0 Å². The van der Waals surface area contributed by atoms with Gasteiger partial charge in [0, 0.05) is 28.9 Å². The van der Waals surface area contributed by atoms with Crippen molar-refractivity contribution in [2.24, 2.45) is 0 Å². The molecule has 2 heterocycles. The summed E-state index contributed by atoms with van der Waals surface area (Å²) in [5.74, 6) is 0.633. The zero-order valence-corrected chi connectivity index (χ0v) is 10.9. The number of hydrogen-bond donors (Lipinski definition) is 1. The molecule has 0 amide bonds. The lowest BCUT2D eigenvalue weighted by atomic mass is 10.1. The average molecular weight is 271 g/mol. The lowest BCUT2D eigenvalue weighted by molar-refractivity contribution is 0.620. The van der Waals surface area contributed by atoms with Gasteiger partial charge in [0.15, 0.2) is 5.58 Å². The molecule has 0 aliphatic carbocycles. The highest BCUT2D eigenvalue weighted by atomic mass is 35.5. The Kier molecular flexibility index (Phi) is 2.29. The Balaban J connectivity index is 1.85. The zero-order chi connectivity index (χ0) is 12.8. The van der Waals surface area contributed by atoms with Crippen molar-refractivity contribution >= 4 is 28.4 Å². The minimum Gasteiger partial charge on any atom is -0.436 e. The van der Waals surface area contributed by atoms with Crippen molar-refractivity contribution in [2.45, 2.75) is 6.42 Å². The van der Waals surface area contributed by atoms with Gasteiger partial charge < -0.3 is 9.73 Å². The molecular formula is C15H11ClN2O. The number of aromatic nitrogens is 1. The maximum atomic E-state index is 5.95. The molecule has 2 aromatic carbocycles. The van der Waals surface area contributed by atoms with E-state index in [1.165, 1.54) is 11.3 Å².